The lowest BCUT2D eigenvalue weighted by molar-refractivity contribution is -0.116. The molecular weight excluding hydrogens is 324 g/mol. The number of hydrogen-bond donors (Lipinski definition) is 2. The van der Waals surface area contributed by atoms with Gasteiger partial charge in [-0.1, -0.05) is 48.5 Å². The molecule has 2 aromatic carbocycles. The van der Waals surface area contributed by atoms with Crippen molar-refractivity contribution in [1.82, 2.24) is 10.0 Å². The molecule has 0 bridgehead atoms. The van der Waals surface area contributed by atoms with Crippen LogP contribution in [0.4, 0.5) is 0 Å². The molecule has 0 spiro atoms. The summed E-state index contributed by atoms with van der Waals surface area (Å²) in [5.41, 5.74) is 0.947. The summed E-state index contributed by atoms with van der Waals surface area (Å²) in [6, 6.07) is 17.7. The van der Waals surface area contributed by atoms with Gasteiger partial charge in [-0.05, 0) is 30.2 Å². The van der Waals surface area contributed by atoms with E-state index in [1.165, 1.54) is 6.08 Å². The number of rotatable bonds is 8. The van der Waals surface area contributed by atoms with E-state index in [1.807, 2.05) is 30.3 Å². The summed E-state index contributed by atoms with van der Waals surface area (Å²) >= 11 is 0. The van der Waals surface area contributed by atoms with Gasteiger partial charge < -0.3 is 5.32 Å². The second-order valence-corrected chi connectivity index (χ2v) is 6.87. The van der Waals surface area contributed by atoms with Crippen LogP contribution in [0.1, 0.15) is 12.0 Å². The maximum atomic E-state index is 12.0. The van der Waals surface area contributed by atoms with Crippen LogP contribution in [0.5, 0.6) is 0 Å². The molecule has 24 heavy (non-hydrogen) atoms. The van der Waals surface area contributed by atoms with Crippen LogP contribution in [0.15, 0.2) is 71.6 Å². The van der Waals surface area contributed by atoms with Crippen molar-refractivity contribution in [3.05, 3.63) is 72.3 Å². The van der Waals surface area contributed by atoms with Crippen molar-refractivity contribution < 1.29 is 13.2 Å². The molecule has 5 nitrogen and oxygen atoms in total. The highest BCUT2D eigenvalue weighted by molar-refractivity contribution is 7.89. The van der Waals surface area contributed by atoms with E-state index in [0.717, 1.165) is 5.56 Å². The highest BCUT2D eigenvalue weighted by Gasteiger charge is 2.11. The van der Waals surface area contributed by atoms with Crippen LogP contribution < -0.4 is 10.0 Å². The predicted octanol–water partition coefficient (Wildman–Crippen LogP) is 2.18. The number of sulfonamides is 1. The first kappa shape index (κ1) is 17.9. The standard InChI is InChI=1S/C18H20N2O3S/c21-18(13-12-16-8-3-1-4-9-16)19-14-7-15-20-24(22,23)17-10-5-2-6-11-17/h1-6,8-13,20H,7,14-15H2,(H,19,21)/b13-12+. The largest absolute Gasteiger partial charge is 0.353 e. The van der Waals surface area contributed by atoms with E-state index < -0.39 is 10.0 Å². The fraction of sp³-hybridized carbons (Fsp3) is 0.167. The number of carbonyl (C=O) groups is 1. The molecule has 0 unspecified atom stereocenters. The molecule has 1 amide bonds. The van der Waals surface area contributed by atoms with Gasteiger partial charge in [-0.15, -0.1) is 0 Å². The molecule has 0 aromatic heterocycles. The van der Waals surface area contributed by atoms with E-state index in [9.17, 15) is 13.2 Å². The Morgan fingerprint density at radius 1 is 0.917 bits per heavy atom. The summed E-state index contributed by atoms with van der Waals surface area (Å²) in [6.45, 7) is 0.662. The Labute approximate surface area is 142 Å². The maximum absolute atomic E-state index is 12.0. The van der Waals surface area contributed by atoms with E-state index >= 15 is 0 Å². The lowest BCUT2D eigenvalue weighted by Gasteiger charge is -2.06. The monoisotopic (exact) mass is 344 g/mol. The summed E-state index contributed by atoms with van der Waals surface area (Å²) in [4.78, 5) is 11.9. The van der Waals surface area contributed by atoms with Gasteiger partial charge in [0, 0.05) is 19.2 Å². The molecule has 0 aliphatic heterocycles. The van der Waals surface area contributed by atoms with Gasteiger partial charge in [0.15, 0.2) is 0 Å². The Kier molecular flexibility index (Phi) is 6.72. The Bertz CT molecular complexity index is 772. The number of amides is 1. The molecule has 6 heteroatoms. The highest BCUT2D eigenvalue weighted by Crippen LogP contribution is 2.06. The van der Waals surface area contributed by atoms with Crippen LogP contribution in [0.3, 0.4) is 0 Å². The summed E-state index contributed by atoms with van der Waals surface area (Å²) in [5, 5.41) is 2.72. The topological polar surface area (TPSA) is 75.3 Å². The Morgan fingerprint density at radius 2 is 1.54 bits per heavy atom. The minimum absolute atomic E-state index is 0.204. The minimum atomic E-state index is -3.48. The normalized spacial score (nSPS) is 11.5. The molecule has 126 valence electrons. The number of benzene rings is 2. The fourth-order valence-corrected chi connectivity index (χ4v) is 3.08. The zero-order valence-electron chi connectivity index (χ0n) is 13.2. The molecule has 0 radical (unpaired) electrons. The maximum Gasteiger partial charge on any atom is 0.243 e. The summed E-state index contributed by atoms with van der Waals surface area (Å²) in [6.07, 6.45) is 3.70. The molecule has 0 aliphatic rings. The van der Waals surface area contributed by atoms with Gasteiger partial charge in [-0.3, -0.25) is 4.79 Å². The van der Waals surface area contributed by atoms with Crippen LogP contribution >= 0.6 is 0 Å². The average Bonchev–Trinajstić information content (AvgIpc) is 2.61. The number of hydrogen-bond acceptors (Lipinski definition) is 3. The third-order valence-electron chi connectivity index (χ3n) is 3.23. The van der Waals surface area contributed by atoms with E-state index in [4.69, 9.17) is 0 Å². The molecule has 2 N–H and O–H groups in total. The summed E-state index contributed by atoms with van der Waals surface area (Å²) in [7, 11) is -3.48. The number of carbonyl (C=O) groups excluding carboxylic acids is 1. The second-order valence-electron chi connectivity index (χ2n) is 5.10. The second kappa shape index (κ2) is 9.00. The van der Waals surface area contributed by atoms with Gasteiger partial charge in [0.2, 0.25) is 15.9 Å². The third kappa shape index (κ3) is 5.98. The van der Waals surface area contributed by atoms with E-state index in [-0.39, 0.29) is 17.3 Å². The highest BCUT2D eigenvalue weighted by atomic mass is 32.2. The van der Waals surface area contributed by atoms with Gasteiger partial charge in [-0.2, -0.15) is 0 Å². The van der Waals surface area contributed by atoms with Crippen molar-refractivity contribution in [3.8, 4) is 0 Å². The van der Waals surface area contributed by atoms with Crippen molar-refractivity contribution in [2.45, 2.75) is 11.3 Å². The van der Waals surface area contributed by atoms with Crippen molar-refractivity contribution in [2.24, 2.45) is 0 Å². The SMILES string of the molecule is O=C(/C=C/c1ccccc1)NCCCNS(=O)(=O)c1ccccc1. The van der Waals surface area contributed by atoms with Crippen molar-refractivity contribution in [3.63, 3.8) is 0 Å². The zero-order chi connectivity index (χ0) is 17.3. The van der Waals surface area contributed by atoms with Gasteiger partial charge >= 0.3 is 0 Å². The Balaban J connectivity index is 1.68. The minimum Gasteiger partial charge on any atom is -0.353 e. The van der Waals surface area contributed by atoms with Crippen molar-refractivity contribution >= 4 is 22.0 Å². The molecular formula is C18H20N2O3S. The van der Waals surface area contributed by atoms with Crippen LogP contribution in [0.2, 0.25) is 0 Å². The Morgan fingerprint density at radius 3 is 2.21 bits per heavy atom. The molecule has 0 atom stereocenters. The van der Waals surface area contributed by atoms with Gasteiger partial charge in [0.05, 0.1) is 4.90 Å². The first-order valence-electron chi connectivity index (χ1n) is 7.63. The van der Waals surface area contributed by atoms with Crippen molar-refractivity contribution in [2.75, 3.05) is 13.1 Å². The van der Waals surface area contributed by atoms with E-state index in [1.54, 1.807) is 36.4 Å². The average molecular weight is 344 g/mol. The lowest BCUT2D eigenvalue weighted by atomic mass is 10.2. The first-order valence-corrected chi connectivity index (χ1v) is 9.12. The molecule has 0 heterocycles. The number of nitrogens with one attached hydrogen (secondary N) is 2. The lowest BCUT2D eigenvalue weighted by Crippen LogP contribution is -2.29. The predicted molar refractivity (Wildman–Crippen MR) is 94.7 cm³/mol. The van der Waals surface area contributed by atoms with E-state index in [2.05, 4.69) is 10.0 Å². The van der Waals surface area contributed by atoms with Crippen molar-refractivity contribution in [1.29, 1.82) is 0 Å². The molecule has 0 aliphatic carbocycles. The smallest absolute Gasteiger partial charge is 0.243 e. The third-order valence-corrected chi connectivity index (χ3v) is 4.70. The van der Waals surface area contributed by atoms with Crippen LogP contribution in [0.25, 0.3) is 6.08 Å². The molecule has 2 aromatic rings. The molecule has 0 fully saturated rings. The Hall–Kier alpha value is -2.44. The molecule has 0 saturated carbocycles. The van der Waals surface area contributed by atoms with Gasteiger partial charge in [-0.25, -0.2) is 13.1 Å². The summed E-state index contributed by atoms with van der Waals surface area (Å²) < 4.78 is 26.5. The first-order chi connectivity index (χ1) is 11.6. The van der Waals surface area contributed by atoms with Crippen LogP contribution in [0, 0.1) is 0 Å². The van der Waals surface area contributed by atoms with Gasteiger partial charge in [0.1, 0.15) is 0 Å². The van der Waals surface area contributed by atoms with Gasteiger partial charge in [0.25, 0.3) is 0 Å². The van der Waals surface area contributed by atoms with Crippen LogP contribution in [-0.4, -0.2) is 27.4 Å². The zero-order valence-corrected chi connectivity index (χ0v) is 14.0. The molecule has 0 saturated heterocycles. The fourth-order valence-electron chi connectivity index (χ4n) is 1.98. The molecule has 2 rings (SSSR count). The van der Waals surface area contributed by atoms with E-state index in [0.29, 0.717) is 13.0 Å². The summed E-state index contributed by atoms with van der Waals surface area (Å²) in [5.74, 6) is -0.204. The quantitative estimate of drug-likeness (QED) is 0.569. The van der Waals surface area contributed by atoms with Crippen LogP contribution in [-0.2, 0) is 14.8 Å².